The van der Waals surface area contributed by atoms with Crippen molar-refractivity contribution >= 4 is 11.6 Å². The molecule has 0 spiro atoms. The highest BCUT2D eigenvalue weighted by Gasteiger charge is 2.17. The van der Waals surface area contributed by atoms with Gasteiger partial charge in [0, 0.05) is 44.6 Å². The zero-order valence-electron chi connectivity index (χ0n) is 16.7. The Morgan fingerprint density at radius 1 is 1.14 bits per heavy atom. The molecule has 3 aromatic rings. The van der Waals surface area contributed by atoms with Crippen LogP contribution in [0.3, 0.4) is 0 Å². The van der Waals surface area contributed by atoms with Crippen molar-refractivity contribution in [1.82, 2.24) is 19.5 Å². The smallest absolute Gasteiger partial charge is 0.134 e. The Balaban J connectivity index is 1.40. The fourth-order valence-corrected chi connectivity index (χ4v) is 3.81. The van der Waals surface area contributed by atoms with Crippen molar-refractivity contribution in [3.05, 3.63) is 66.0 Å². The van der Waals surface area contributed by atoms with Crippen LogP contribution >= 0.6 is 0 Å². The van der Waals surface area contributed by atoms with Gasteiger partial charge in [0.15, 0.2) is 0 Å². The van der Waals surface area contributed by atoms with Gasteiger partial charge in [-0.05, 0) is 36.8 Å². The second kappa shape index (κ2) is 8.42. The number of anilines is 2. The van der Waals surface area contributed by atoms with Crippen molar-refractivity contribution in [2.45, 2.75) is 39.8 Å². The first kappa shape index (κ1) is 18.5. The van der Waals surface area contributed by atoms with E-state index in [-0.39, 0.29) is 0 Å². The number of hydrogen-bond acceptors (Lipinski definition) is 5. The average molecular weight is 377 g/mol. The number of nitrogens with zero attached hydrogens (tertiary/aromatic N) is 5. The zero-order valence-corrected chi connectivity index (χ0v) is 16.7. The predicted octanol–water partition coefficient (Wildman–Crippen LogP) is 3.88. The number of rotatable bonds is 6. The third-order valence-corrected chi connectivity index (χ3v) is 5.38. The number of piperidine rings is 1. The Morgan fingerprint density at radius 2 is 2.04 bits per heavy atom. The van der Waals surface area contributed by atoms with Crippen molar-refractivity contribution in [2.24, 2.45) is 5.92 Å². The molecule has 1 N–H and O–H groups in total. The van der Waals surface area contributed by atoms with Gasteiger partial charge in [0.25, 0.3) is 0 Å². The van der Waals surface area contributed by atoms with Crippen LogP contribution in [0.15, 0.2) is 49.1 Å². The minimum atomic E-state index is 0.724. The Kier molecular flexibility index (Phi) is 5.55. The molecule has 1 fully saturated rings. The molecule has 6 heteroatoms. The van der Waals surface area contributed by atoms with E-state index in [2.05, 4.69) is 67.0 Å². The number of aryl methyl sites for hydroxylation is 1. The Labute approximate surface area is 166 Å². The molecule has 4 rings (SSSR count). The molecule has 0 radical (unpaired) electrons. The first-order valence-corrected chi connectivity index (χ1v) is 10.0. The van der Waals surface area contributed by atoms with E-state index in [9.17, 15) is 0 Å². The van der Waals surface area contributed by atoms with Gasteiger partial charge in [-0.15, -0.1) is 0 Å². The predicted molar refractivity (Wildman–Crippen MR) is 112 cm³/mol. The molecular weight excluding hydrogens is 348 g/mol. The maximum absolute atomic E-state index is 4.48. The van der Waals surface area contributed by atoms with Gasteiger partial charge in [0.2, 0.25) is 0 Å². The molecule has 0 amide bonds. The van der Waals surface area contributed by atoms with E-state index in [1.54, 1.807) is 6.33 Å². The molecule has 6 nitrogen and oxygen atoms in total. The van der Waals surface area contributed by atoms with Gasteiger partial charge < -0.3 is 14.8 Å². The van der Waals surface area contributed by atoms with Gasteiger partial charge in [0.1, 0.15) is 23.8 Å². The second-order valence-corrected chi connectivity index (χ2v) is 7.73. The molecule has 2 aromatic heterocycles. The van der Waals surface area contributed by atoms with Crippen molar-refractivity contribution in [2.75, 3.05) is 23.3 Å². The van der Waals surface area contributed by atoms with Crippen LogP contribution in [0.4, 0.5) is 11.6 Å². The summed E-state index contributed by atoms with van der Waals surface area (Å²) in [7, 11) is 0. The molecule has 1 unspecified atom stereocenters. The molecule has 1 aromatic carbocycles. The van der Waals surface area contributed by atoms with Gasteiger partial charge in [-0.2, -0.15) is 0 Å². The molecule has 1 aliphatic heterocycles. The molecule has 1 aliphatic rings. The number of hydrogen-bond donors (Lipinski definition) is 1. The summed E-state index contributed by atoms with van der Waals surface area (Å²) >= 11 is 0. The lowest BCUT2D eigenvalue weighted by atomic mass is 10.0. The van der Waals surface area contributed by atoms with Crippen LogP contribution in [0, 0.1) is 12.8 Å². The standard InChI is InChI=1S/C22H28N6/c1-17-5-4-9-28(14-17)22-12-21(25-16-26-22)24-13-19-6-3-7-20(11-19)15-27-10-8-23-18(27)2/h3,6-8,10-12,16-17H,4-5,9,13-15H2,1-2H3,(H,24,25,26). The van der Waals surface area contributed by atoms with Gasteiger partial charge in [-0.25, -0.2) is 15.0 Å². The Morgan fingerprint density at radius 3 is 2.86 bits per heavy atom. The van der Waals surface area contributed by atoms with E-state index >= 15 is 0 Å². The average Bonchev–Trinajstić information content (AvgIpc) is 3.11. The lowest BCUT2D eigenvalue weighted by Gasteiger charge is -2.31. The fourth-order valence-electron chi connectivity index (χ4n) is 3.81. The summed E-state index contributed by atoms with van der Waals surface area (Å²) in [5.41, 5.74) is 2.51. The van der Waals surface area contributed by atoms with Crippen LogP contribution in [0.1, 0.15) is 36.7 Å². The van der Waals surface area contributed by atoms with E-state index in [0.717, 1.165) is 49.6 Å². The van der Waals surface area contributed by atoms with Crippen molar-refractivity contribution in [3.63, 3.8) is 0 Å². The van der Waals surface area contributed by atoms with Gasteiger partial charge in [0.05, 0.1) is 0 Å². The molecule has 28 heavy (non-hydrogen) atoms. The molecular formula is C22H28N6. The van der Waals surface area contributed by atoms with Crippen LogP contribution in [0.25, 0.3) is 0 Å². The lowest BCUT2D eigenvalue weighted by Crippen LogP contribution is -2.34. The largest absolute Gasteiger partial charge is 0.366 e. The highest BCUT2D eigenvalue weighted by molar-refractivity contribution is 5.49. The Bertz CT molecular complexity index is 919. The molecule has 0 aliphatic carbocycles. The molecule has 0 bridgehead atoms. The summed E-state index contributed by atoms with van der Waals surface area (Å²) in [6, 6.07) is 10.7. The normalized spacial score (nSPS) is 16.9. The van der Waals surface area contributed by atoms with E-state index in [0.29, 0.717) is 0 Å². The summed E-state index contributed by atoms with van der Waals surface area (Å²) in [4.78, 5) is 15.5. The van der Waals surface area contributed by atoms with Crippen LogP contribution in [-0.2, 0) is 13.1 Å². The number of nitrogens with one attached hydrogen (secondary N) is 1. The topological polar surface area (TPSA) is 58.9 Å². The number of aromatic nitrogens is 4. The second-order valence-electron chi connectivity index (χ2n) is 7.73. The lowest BCUT2D eigenvalue weighted by molar-refractivity contribution is 0.444. The maximum atomic E-state index is 4.48. The number of imidazole rings is 1. The molecule has 1 atom stereocenters. The quantitative estimate of drug-likeness (QED) is 0.707. The van der Waals surface area contributed by atoms with Gasteiger partial charge in [-0.1, -0.05) is 31.2 Å². The molecule has 3 heterocycles. The monoisotopic (exact) mass is 376 g/mol. The summed E-state index contributed by atoms with van der Waals surface area (Å²) in [5.74, 6) is 3.65. The van der Waals surface area contributed by atoms with Crippen molar-refractivity contribution < 1.29 is 0 Å². The zero-order chi connectivity index (χ0) is 19.3. The highest BCUT2D eigenvalue weighted by atomic mass is 15.2. The minimum Gasteiger partial charge on any atom is -0.366 e. The van der Waals surface area contributed by atoms with E-state index in [1.807, 2.05) is 19.3 Å². The Hall–Kier alpha value is -2.89. The van der Waals surface area contributed by atoms with Gasteiger partial charge >= 0.3 is 0 Å². The van der Waals surface area contributed by atoms with Gasteiger partial charge in [-0.3, -0.25) is 0 Å². The molecule has 146 valence electrons. The third kappa shape index (κ3) is 4.50. The molecule has 1 saturated heterocycles. The van der Waals surface area contributed by atoms with Crippen LogP contribution in [0.5, 0.6) is 0 Å². The van der Waals surface area contributed by atoms with Crippen LogP contribution in [0.2, 0.25) is 0 Å². The summed E-state index contributed by atoms with van der Waals surface area (Å²) in [6.45, 7) is 8.07. The summed E-state index contributed by atoms with van der Waals surface area (Å²) in [6.07, 6.45) is 8.06. The van der Waals surface area contributed by atoms with Crippen LogP contribution < -0.4 is 10.2 Å². The van der Waals surface area contributed by atoms with E-state index < -0.39 is 0 Å². The minimum absolute atomic E-state index is 0.724. The maximum Gasteiger partial charge on any atom is 0.134 e. The molecule has 0 saturated carbocycles. The fraction of sp³-hybridized carbons (Fsp3) is 0.409. The van der Waals surface area contributed by atoms with Crippen LogP contribution in [-0.4, -0.2) is 32.6 Å². The first-order valence-electron chi connectivity index (χ1n) is 10.0. The third-order valence-electron chi connectivity index (χ3n) is 5.38. The summed E-state index contributed by atoms with van der Waals surface area (Å²) in [5, 5.41) is 3.45. The van der Waals surface area contributed by atoms with Crippen molar-refractivity contribution in [1.29, 1.82) is 0 Å². The summed E-state index contributed by atoms with van der Waals surface area (Å²) < 4.78 is 2.16. The van der Waals surface area contributed by atoms with E-state index in [1.165, 1.54) is 24.0 Å². The SMILES string of the molecule is Cc1nccn1Cc1cccc(CNc2cc(N3CCCC(C)C3)ncn2)c1. The highest BCUT2D eigenvalue weighted by Crippen LogP contribution is 2.22. The number of benzene rings is 1. The van der Waals surface area contributed by atoms with E-state index in [4.69, 9.17) is 0 Å². The van der Waals surface area contributed by atoms with Crippen molar-refractivity contribution in [3.8, 4) is 0 Å². The first-order chi connectivity index (χ1) is 13.7.